The molecule has 4 rings (SSSR count). The van der Waals surface area contributed by atoms with Crippen LogP contribution in [0.3, 0.4) is 0 Å². The van der Waals surface area contributed by atoms with Crippen molar-refractivity contribution in [1.82, 2.24) is 10.2 Å². The van der Waals surface area contributed by atoms with E-state index in [0.29, 0.717) is 12.6 Å². The fraction of sp³-hybridized carbons (Fsp3) is 0.455. The van der Waals surface area contributed by atoms with Crippen molar-refractivity contribution in [1.29, 1.82) is 0 Å². The van der Waals surface area contributed by atoms with Gasteiger partial charge < -0.3 is 15.2 Å². The van der Waals surface area contributed by atoms with Crippen molar-refractivity contribution in [2.45, 2.75) is 37.5 Å². The number of hydrogen-bond donors (Lipinski definition) is 2. The molecule has 1 saturated heterocycles. The van der Waals surface area contributed by atoms with Crippen LogP contribution in [-0.2, 0) is 13.0 Å². The van der Waals surface area contributed by atoms with Gasteiger partial charge in [0.25, 0.3) is 0 Å². The summed E-state index contributed by atoms with van der Waals surface area (Å²) >= 11 is 0. The van der Waals surface area contributed by atoms with E-state index in [0.717, 1.165) is 44.6 Å². The highest BCUT2D eigenvalue weighted by Gasteiger charge is 2.36. The second-order valence-electron chi connectivity index (χ2n) is 7.71. The molecule has 0 spiro atoms. The number of β-amino-alcohol motifs (C(OH)–C–C–N with tert-alkyl or cyclic N) is 1. The fourth-order valence-electron chi connectivity index (χ4n) is 4.29. The predicted molar refractivity (Wildman–Crippen MR) is 103 cm³/mol. The number of aliphatic hydroxyl groups is 1. The average Bonchev–Trinajstić information content (AvgIpc) is 3.24. The Morgan fingerprint density at radius 3 is 2.88 bits per heavy atom. The van der Waals surface area contributed by atoms with Crippen molar-refractivity contribution < 1.29 is 9.84 Å². The van der Waals surface area contributed by atoms with E-state index < -0.39 is 5.60 Å². The Morgan fingerprint density at radius 2 is 2.08 bits per heavy atom. The summed E-state index contributed by atoms with van der Waals surface area (Å²) in [5, 5.41) is 14.6. The normalized spacial score (nSPS) is 25.4. The summed E-state index contributed by atoms with van der Waals surface area (Å²) in [5.41, 5.74) is 3.39. The van der Waals surface area contributed by atoms with Gasteiger partial charge in [-0.3, -0.25) is 4.90 Å². The van der Waals surface area contributed by atoms with E-state index in [1.54, 1.807) is 7.11 Å². The minimum Gasteiger partial charge on any atom is -0.497 e. The van der Waals surface area contributed by atoms with Gasteiger partial charge in [0, 0.05) is 32.2 Å². The molecule has 2 N–H and O–H groups in total. The molecule has 0 amide bonds. The number of methoxy groups -OCH3 is 1. The molecule has 2 atom stereocenters. The van der Waals surface area contributed by atoms with Gasteiger partial charge in [-0.05, 0) is 48.1 Å². The van der Waals surface area contributed by atoms with Gasteiger partial charge in [0.05, 0.1) is 12.7 Å². The lowest BCUT2D eigenvalue weighted by Gasteiger charge is -2.26. The molecule has 1 aliphatic carbocycles. The number of fused-ring (bicyclic) bond motifs is 1. The number of nitrogens with zero attached hydrogens (tertiary/aromatic N) is 1. The van der Waals surface area contributed by atoms with Crippen molar-refractivity contribution in [2.24, 2.45) is 0 Å². The van der Waals surface area contributed by atoms with E-state index in [2.05, 4.69) is 46.6 Å². The second kappa shape index (κ2) is 7.39. The van der Waals surface area contributed by atoms with Crippen molar-refractivity contribution in [3.8, 4) is 5.75 Å². The molecule has 1 fully saturated rings. The Balaban J connectivity index is 1.34. The van der Waals surface area contributed by atoms with Gasteiger partial charge >= 0.3 is 0 Å². The molecule has 2 aromatic carbocycles. The van der Waals surface area contributed by atoms with Crippen molar-refractivity contribution in [2.75, 3.05) is 26.7 Å². The van der Waals surface area contributed by atoms with Crippen molar-refractivity contribution >= 4 is 0 Å². The van der Waals surface area contributed by atoms with Crippen LogP contribution in [0.25, 0.3) is 0 Å². The molecule has 2 aliphatic rings. The maximum absolute atomic E-state index is 11.0. The molecular weight excluding hydrogens is 324 g/mol. The number of ether oxygens (including phenoxy) is 1. The third-order valence-electron chi connectivity index (χ3n) is 5.77. The Labute approximate surface area is 155 Å². The topological polar surface area (TPSA) is 44.7 Å². The van der Waals surface area contributed by atoms with E-state index in [4.69, 9.17) is 4.74 Å². The van der Waals surface area contributed by atoms with Crippen LogP contribution in [0, 0.1) is 0 Å². The van der Waals surface area contributed by atoms with E-state index in [-0.39, 0.29) is 0 Å². The number of aryl methyl sites for hydroxylation is 1. The minimum atomic E-state index is -0.642. The molecule has 0 aromatic heterocycles. The molecule has 1 aliphatic heterocycles. The summed E-state index contributed by atoms with van der Waals surface area (Å²) in [6.45, 7) is 3.22. The maximum atomic E-state index is 11.0. The molecule has 0 bridgehead atoms. The largest absolute Gasteiger partial charge is 0.497 e. The highest BCUT2D eigenvalue weighted by Crippen LogP contribution is 2.34. The average molecular weight is 352 g/mol. The second-order valence-corrected chi connectivity index (χ2v) is 7.71. The van der Waals surface area contributed by atoms with Gasteiger partial charge in [0.1, 0.15) is 5.75 Å². The quantitative estimate of drug-likeness (QED) is 0.839. The van der Waals surface area contributed by atoms with Gasteiger partial charge in [-0.2, -0.15) is 0 Å². The maximum Gasteiger partial charge on any atom is 0.119 e. The van der Waals surface area contributed by atoms with Crippen LogP contribution in [0.4, 0.5) is 0 Å². The smallest absolute Gasteiger partial charge is 0.119 e. The molecule has 4 heteroatoms. The van der Waals surface area contributed by atoms with Crippen LogP contribution in [0.2, 0.25) is 0 Å². The SMILES string of the molecule is COc1ccc2c(c1)C(NCC1(O)CCN(Cc3ccccc3)C1)CC2. The number of rotatable bonds is 6. The van der Waals surface area contributed by atoms with Gasteiger partial charge in [-0.1, -0.05) is 36.4 Å². The summed E-state index contributed by atoms with van der Waals surface area (Å²) in [6.07, 6.45) is 3.01. The van der Waals surface area contributed by atoms with Gasteiger partial charge in [-0.15, -0.1) is 0 Å². The Hall–Kier alpha value is -1.88. The zero-order chi connectivity index (χ0) is 18.0. The third kappa shape index (κ3) is 3.78. The minimum absolute atomic E-state index is 0.312. The molecule has 0 radical (unpaired) electrons. The number of benzene rings is 2. The highest BCUT2D eigenvalue weighted by atomic mass is 16.5. The molecule has 2 unspecified atom stereocenters. The van der Waals surface area contributed by atoms with Crippen LogP contribution in [-0.4, -0.2) is 42.4 Å². The lowest BCUT2D eigenvalue weighted by molar-refractivity contribution is 0.0456. The van der Waals surface area contributed by atoms with Crippen molar-refractivity contribution in [3.63, 3.8) is 0 Å². The monoisotopic (exact) mass is 352 g/mol. The van der Waals surface area contributed by atoms with Crippen LogP contribution in [0.1, 0.15) is 35.6 Å². The van der Waals surface area contributed by atoms with Crippen molar-refractivity contribution in [3.05, 3.63) is 65.2 Å². The third-order valence-corrected chi connectivity index (χ3v) is 5.77. The fourth-order valence-corrected chi connectivity index (χ4v) is 4.29. The lowest BCUT2D eigenvalue weighted by atomic mass is 10.0. The van der Waals surface area contributed by atoms with Crippen LogP contribution in [0.15, 0.2) is 48.5 Å². The van der Waals surface area contributed by atoms with Crippen LogP contribution < -0.4 is 10.1 Å². The molecule has 0 saturated carbocycles. The summed E-state index contributed by atoms with van der Waals surface area (Å²) in [6, 6.07) is 17.1. The van der Waals surface area contributed by atoms with Crippen LogP contribution >= 0.6 is 0 Å². The first-order valence-electron chi connectivity index (χ1n) is 9.54. The first-order valence-corrected chi connectivity index (χ1v) is 9.54. The lowest BCUT2D eigenvalue weighted by Crippen LogP contribution is -2.43. The zero-order valence-corrected chi connectivity index (χ0v) is 15.4. The summed E-state index contributed by atoms with van der Waals surface area (Å²) in [5.74, 6) is 0.908. The molecular formula is C22H28N2O2. The first-order chi connectivity index (χ1) is 12.6. The van der Waals surface area contributed by atoms with E-state index in [1.165, 1.54) is 16.7 Å². The van der Waals surface area contributed by atoms with E-state index in [9.17, 15) is 5.11 Å². The van der Waals surface area contributed by atoms with Gasteiger partial charge in [0.15, 0.2) is 0 Å². The van der Waals surface area contributed by atoms with E-state index in [1.807, 2.05) is 12.1 Å². The zero-order valence-electron chi connectivity index (χ0n) is 15.4. The molecule has 2 aromatic rings. The predicted octanol–water partition coefficient (Wildman–Crippen LogP) is 2.91. The number of nitrogens with one attached hydrogen (secondary N) is 1. The summed E-state index contributed by atoms with van der Waals surface area (Å²) < 4.78 is 5.37. The standard InChI is InChI=1S/C22H28N2O2/c1-26-19-9-7-18-8-10-21(20(18)13-19)23-15-22(25)11-12-24(16-22)14-17-5-3-2-4-6-17/h2-7,9,13,21,23,25H,8,10-12,14-16H2,1H3. The summed E-state index contributed by atoms with van der Waals surface area (Å²) in [4.78, 5) is 2.35. The number of likely N-dealkylation sites (tertiary alicyclic amines) is 1. The number of hydrogen-bond acceptors (Lipinski definition) is 4. The van der Waals surface area contributed by atoms with E-state index >= 15 is 0 Å². The van der Waals surface area contributed by atoms with Crippen LogP contribution in [0.5, 0.6) is 5.75 Å². The molecule has 26 heavy (non-hydrogen) atoms. The summed E-state index contributed by atoms with van der Waals surface area (Å²) in [7, 11) is 1.71. The Bertz CT molecular complexity index is 749. The highest BCUT2D eigenvalue weighted by molar-refractivity contribution is 5.40. The first kappa shape index (κ1) is 17.5. The molecule has 138 valence electrons. The Morgan fingerprint density at radius 1 is 1.23 bits per heavy atom. The molecule has 1 heterocycles. The molecule has 4 nitrogen and oxygen atoms in total. The van der Waals surface area contributed by atoms with Gasteiger partial charge in [-0.25, -0.2) is 0 Å². The Kier molecular flexibility index (Phi) is 4.98. The van der Waals surface area contributed by atoms with Gasteiger partial charge in [0.2, 0.25) is 0 Å².